The number of aromatic amines is 1. The highest BCUT2D eigenvalue weighted by atomic mass is 16.5. The first-order chi connectivity index (χ1) is 13.6. The lowest BCUT2D eigenvalue weighted by atomic mass is 10.1. The molecule has 28 heavy (non-hydrogen) atoms. The average Bonchev–Trinajstić information content (AvgIpc) is 3.22. The Labute approximate surface area is 163 Å². The van der Waals surface area contributed by atoms with E-state index in [2.05, 4.69) is 16.4 Å². The zero-order valence-corrected chi connectivity index (χ0v) is 16.0. The first-order valence-corrected chi connectivity index (χ1v) is 9.38. The minimum Gasteiger partial charge on any atom is -0.495 e. The van der Waals surface area contributed by atoms with E-state index in [9.17, 15) is 9.59 Å². The molecule has 2 N–H and O–H groups in total. The van der Waals surface area contributed by atoms with Crippen molar-refractivity contribution in [2.75, 3.05) is 18.6 Å². The maximum atomic E-state index is 12.9. The number of nitrogens with zero attached hydrogens (tertiary/aromatic N) is 1. The summed E-state index contributed by atoms with van der Waals surface area (Å²) >= 11 is 0. The Morgan fingerprint density at radius 1 is 1.21 bits per heavy atom. The second-order valence-corrected chi connectivity index (χ2v) is 7.06. The first-order valence-electron chi connectivity index (χ1n) is 9.38. The van der Waals surface area contributed by atoms with Gasteiger partial charge in [-0.3, -0.25) is 9.59 Å². The second kappa shape index (κ2) is 7.48. The normalized spacial score (nSPS) is 16.9. The van der Waals surface area contributed by atoms with Gasteiger partial charge in [-0.25, -0.2) is 4.90 Å². The van der Waals surface area contributed by atoms with Crippen molar-refractivity contribution in [3.05, 3.63) is 59.8 Å². The van der Waals surface area contributed by atoms with Crippen molar-refractivity contribution >= 4 is 28.4 Å². The van der Waals surface area contributed by atoms with Crippen LogP contribution in [0.2, 0.25) is 0 Å². The molecule has 144 valence electrons. The predicted octanol–water partition coefficient (Wildman–Crippen LogP) is 2.95. The zero-order valence-electron chi connectivity index (χ0n) is 16.0. The molecule has 1 fully saturated rings. The Kier molecular flexibility index (Phi) is 4.88. The Morgan fingerprint density at radius 2 is 2.04 bits per heavy atom. The van der Waals surface area contributed by atoms with Gasteiger partial charge >= 0.3 is 0 Å². The molecular formula is C22H23N3O3. The number of nitrogens with one attached hydrogen (secondary N) is 2. The predicted molar refractivity (Wildman–Crippen MR) is 109 cm³/mol. The summed E-state index contributed by atoms with van der Waals surface area (Å²) in [6.45, 7) is 2.54. The van der Waals surface area contributed by atoms with Crippen LogP contribution in [0.5, 0.6) is 5.75 Å². The maximum Gasteiger partial charge on any atom is 0.251 e. The molecule has 0 unspecified atom stereocenters. The van der Waals surface area contributed by atoms with Gasteiger partial charge in [-0.05, 0) is 42.7 Å². The lowest BCUT2D eigenvalue weighted by Crippen LogP contribution is -2.39. The molecule has 4 rings (SSSR count). The number of methoxy groups -OCH3 is 1. The van der Waals surface area contributed by atoms with Gasteiger partial charge in [0.2, 0.25) is 5.91 Å². The van der Waals surface area contributed by atoms with Crippen LogP contribution in [-0.4, -0.2) is 36.5 Å². The van der Waals surface area contributed by atoms with Crippen LogP contribution in [0.15, 0.2) is 48.7 Å². The quantitative estimate of drug-likeness (QED) is 0.648. The standard InChI is InChI=1S/C22H23N3O3/c1-14-7-8-20(28-2)19(11-14)25-21(26)12-18(22(25)27)23-10-9-15-13-24-17-6-4-3-5-16(15)17/h3-8,11,13,18,23-24H,9-10,12H2,1-2H3/t18-/m1/s1. The number of aryl methyl sites for hydroxylation is 1. The highest BCUT2D eigenvalue weighted by Crippen LogP contribution is 2.33. The number of aromatic nitrogens is 1. The molecular weight excluding hydrogens is 354 g/mol. The molecule has 6 heteroatoms. The van der Waals surface area contributed by atoms with Gasteiger partial charge in [0.25, 0.3) is 5.91 Å². The highest BCUT2D eigenvalue weighted by Gasteiger charge is 2.40. The Bertz CT molecular complexity index is 1040. The number of carbonyl (C=O) groups is 2. The van der Waals surface area contributed by atoms with Crippen LogP contribution in [0.3, 0.4) is 0 Å². The summed E-state index contributed by atoms with van der Waals surface area (Å²) < 4.78 is 5.35. The van der Waals surface area contributed by atoms with Crippen LogP contribution in [0.25, 0.3) is 10.9 Å². The maximum absolute atomic E-state index is 12.9. The van der Waals surface area contributed by atoms with Crippen LogP contribution < -0.4 is 15.0 Å². The van der Waals surface area contributed by atoms with Gasteiger partial charge in [0.05, 0.1) is 25.3 Å². The number of benzene rings is 2. The molecule has 2 amide bonds. The second-order valence-electron chi connectivity index (χ2n) is 7.06. The summed E-state index contributed by atoms with van der Waals surface area (Å²) in [5, 5.41) is 4.43. The molecule has 0 radical (unpaired) electrons. The van der Waals surface area contributed by atoms with Crippen LogP contribution in [0.1, 0.15) is 17.5 Å². The van der Waals surface area contributed by atoms with E-state index >= 15 is 0 Å². The van der Waals surface area contributed by atoms with Crippen molar-refractivity contribution in [3.63, 3.8) is 0 Å². The van der Waals surface area contributed by atoms with E-state index < -0.39 is 6.04 Å². The molecule has 3 aromatic rings. The van der Waals surface area contributed by atoms with Gasteiger partial charge in [-0.15, -0.1) is 0 Å². The summed E-state index contributed by atoms with van der Waals surface area (Å²) in [6.07, 6.45) is 2.93. The van der Waals surface area contributed by atoms with Crippen molar-refractivity contribution in [1.82, 2.24) is 10.3 Å². The number of hydrogen-bond donors (Lipinski definition) is 2. The fraction of sp³-hybridized carbons (Fsp3) is 0.273. The van der Waals surface area contributed by atoms with Crippen molar-refractivity contribution in [1.29, 1.82) is 0 Å². The topological polar surface area (TPSA) is 74.4 Å². The summed E-state index contributed by atoms with van der Waals surface area (Å²) in [5.41, 5.74) is 3.77. The zero-order chi connectivity index (χ0) is 19.7. The SMILES string of the molecule is COc1ccc(C)cc1N1C(=O)C[C@@H](NCCc2c[nH]c3ccccc23)C1=O. The Morgan fingerprint density at radius 3 is 2.86 bits per heavy atom. The van der Waals surface area contributed by atoms with E-state index in [0.717, 1.165) is 17.5 Å². The molecule has 0 bridgehead atoms. The summed E-state index contributed by atoms with van der Waals surface area (Å²) in [6, 6.07) is 13.1. The van der Waals surface area contributed by atoms with E-state index in [1.54, 1.807) is 6.07 Å². The van der Waals surface area contributed by atoms with Crippen LogP contribution in [-0.2, 0) is 16.0 Å². The molecule has 1 aliphatic heterocycles. The Hall–Kier alpha value is -3.12. The number of imide groups is 1. The fourth-order valence-electron chi connectivity index (χ4n) is 3.74. The fourth-order valence-corrected chi connectivity index (χ4v) is 3.74. The van der Waals surface area contributed by atoms with Gasteiger partial charge in [-0.1, -0.05) is 24.3 Å². The van der Waals surface area contributed by atoms with Crippen LogP contribution in [0, 0.1) is 6.92 Å². The number of amides is 2. The van der Waals surface area contributed by atoms with Crippen molar-refractivity contribution < 1.29 is 14.3 Å². The number of ether oxygens (including phenoxy) is 1. The highest BCUT2D eigenvalue weighted by molar-refractivity contribution is 6.23. The summed E-state index contributed by atoms with van der Waals surface area (Å²) in [4.78, 5) is 29.9. The van der Waals surface area contributed by atoms with Crippen LogP contribution in [0.4, 0.5) is 5.69 Å². The third kappa shape index (κ3) is 3.27. The number of anilines is 1. The lowest BCUT2D eigenvalue weighted by Gasteiger charge is -2.19. The summed E-state index contributed by atoms with van der Waals surface area (Å²) in [5.74, 6) is 0.0815. The smallest absolute Gasteiger partial charge is 0.251 e. The van der Waals surface area contributed by atoms with Gasteiger partial charge < -0.3 is 15.0 Å². The number of rotatable bonds is 6. The van der Waals surface area contributed by atoms with Gasteiger partial charge in [0.1, 0.15) is 5.75 Å². The molecule has 0 saturated carbocycles. The largest absolute Gasteiger partial charge is 0.495 e. The number of H-pyrrole nitrogens is 1. The number of para-hydroxylation sites is 1. The van der Waals surface area contributed by atoms with E-state index in [0.29, 0.717) is 18.0 Å². The number of hydrogen-bond acceptors (Lipinski definition) is 4. The van der Waals surface area contributed by atoms with Gasteiger partial charge in [0, 0.05) is 23.6 Å². The third-order valence-corrected chi connectivity index (χ3v) is 5.18. The molecule has 0 spiro atoms. The molecule has 1 saturated heterocycles. The van der Waals surface area contributed by atoms with Crippen molar-refractivity contribution in [2.24, 2.45) is 0 Å². The molecule has 6 nitrogen and oxygen atoms in total. The number of carbonyl (C=O) groups excluding carboxylic acids is 2. The molecule has 1 atom stereocenters. The Balaban J connectivity index is 1.45. The number of fused-ring (bicyclic) bond motifs is 1. The minimum absolute atomic E-state index is 0.157. The first kappa shape index (κ1) is 18.3. The van der Waals surface area contributed by atoms with E-state index in [4.69, 9.17) is 4.74 Å². The van der Waals surface area contributed by atoms with Gasteiger partial charge in [0.15, 0.2) is 0 Å². The van der Waals surface area contributed by atoms with E-state index in [1.165, 1.54) is 23.0 Å². The third-order valence-electron chi connectivity index (χ3n) is 5.18. The molecule has 2 heterocycles. The van der Waals surface area contributed by atoms with Crippen molar-refractivity contribution in [3.8, 4) is 5.75 Å². The molecule has 1 aliphatic rings. The molecule has 0 aliphatic carbocycles. The molecule has 2 aromatic carbocycles. The molecule has 1 aromatic heterocycles. The van der Waals surface area contributed by atoms with E-state index in [-0.39, 0.29) is 18.2 Å². The monoisotopic (exact) mass is 377 g/mol. The summed E-state index contributed by atoms with van der Waals surface area (Å²) in [7, 11) is 1.54. The lowest BCUT2D eigenvalue weighted by molar-refractivity contribution is -0.121. The minimum atomic E-state index is -0.511. The van der Waals surface area contributed by atoms with Crippen molar-refractivity contribution in [2.45, 2.75) is 25.8 Å². The van der Waals surface area contributed by atoms with Crippen LogP contribution >= 0.6 is 0 Å². The van der Waals surface area contributed by atoms with E-state index in [1.807, 2.05) is 43.5 Å². The van der Waals surface area contributed by atoms with Gasteiger partial charge in [-0.2, -0.15) is 0 Å². The average molecular weight is 377 g/mol.